The molecule has 1 atom stereocenters. The van der Waals surface area contributed by atoms with Crippen molar-refractivity contribution >= 4 is 11.8 Å². The molecular weight excluding hydrogens is 354 g/mol. The van der Waals surface area contributed by atoms with E-state index in [-0.39, 0.29) is 24.1 Å². The maximum absolute atomic E-state index is 13.6. The van der Waals surface area contributed by atoms with E-state index in [4.69, 9.17) is 4.74 Å². The summed E-state index contributed by atoms with van der Waals surface area (Å²) in [7, 11) is 1.59. The second kappa shape index (κ2) is 8.16. The van der Waals surface area contributed by atoms with Gasteiger partial charge < -0.3 is 15.4 Å². The molecule has 5 nitrogen and oxygen atoms in total. The maximum Gasteiger partial charge on any atom is 0.254 e. The molecule has 3 rings (SSSR count). The van der Waals surface area contributed by atoms with Gasteiger partial charge in [0.1, 0.15) is 17.4 Å². The molecule has 0 saturated heterocycles. The summed E-state index contributed by atoms with van der Waals surface area (Å²) in [6.45, 7) is -0.297. The number of halogens is 2. The summed E-state index contributed by atoms with van der Waals surface area (Å²) in [4.78, 5) is 24.2. The number of hydrogen-bond acceptors (Lipinski definition) is 3. The molecule has 1 aliphatic carbocycles. The molecule has 1 saturated carbocycles. The number of carbonyl (C=O) groups excluding carboxylic acids is 2. The van der Waals surface area contributed by atoms with E-state index in [1.165, 1.54) is 0 Å². The van der Waals surface area contributed by atoms with Crippen molar-refractivity contribution in [2.24, 2.45) is 5.92 Å². The molecule has 142 valence electrons. The van der Waals surface area contributed by atoms with E-state index < -0.39 is 17.5 Å². The van der Waals surface area contributed by atoms with Crippen molar-refractivity contribution in [3.05, 3.63) is 65.2 Å². The Kier molecular flexibility index (Phi) is 5.69. The van der Waals surface area contributed by atoms with E-state index >= 15 is 0 Å². The second-order valence-corrected chi connectivity index (χ2v) is 6.46. The molecule has 0 aromatic heterocycles. The van der Waals surface area contributed by atoms with Gasteiger partial charge in [-0.05, 0) is 48.6 Å². The van der Waals surface area contributed by atoms with Gasteiger partial charge in [0.25, 0.3) is 5.91 Å². The van der Waals surface area contributed by atoms with Crippen molar-refractivity contribution in [3.63, 3.8) is 0 Å². The van der Waals surface area contributed by atoms with Gasteiger partial charge in [0.15, 0.2) is 0 Å². The number of carbonyl (C=O) groups is 2. The van der Waals surface area contributed by atoms with Crippen LogP contribution in [-0.2, 0) is 4.79 Å². The first kappa shape index (κ1) is 18.8. The van der Waals surface area contributed by atoms with Gasteiger partial charge >= 0.3 is 0 Å². The quantitative estimate of drug-likeness (QED) is 0.783. The van der Waals surface area contributed by atoms with Gasteiger partial charge in [-0.25, -0.2) is 8.78 Å². The third-order valence-corrected chi connectivity index (χ3v) is 4.47. The van der Waals surface area contributed by atoms with E-state index in [1.54, 1.807) is 7.11 Å². The van der Waals surface area contributed by atoms with Crippen molar-refractivity contribution in [1.82, 2.24) is 10.6 Å². The highest BCUT2D eigenvalue weighted by atomic mass is 19.1. The van der Waals surface area contributed by atoms with E-state index in [0.717, 1.165) is 36.3 Å². The lowest BCUT2D eigenvalue weighted by Crippen LogP contribution is -2.39. The predicted molar refractivity (Wildman–Crippen MR) is 95.3 cm³/mol. The third kappa shape index (κ3) is 4.81. The Bertz CT molecular complexity index is 836. The number of rotatable bonds is 7. The molecule has 7 heteroatoms. The molecular formula is C20H20F2N2O3. The second-order valence-electron chi connectivity index (χ2n) is 6.46. The molecule has 1 aliphatic rings. The van der Waals surface area contributed by atoms with Gasteiger partial charge in [-0.15, -0.1) is 0 Å². The van der Waals surface area contributed by atoms with Crippen LogP contribution in [0.3, 0.4) is 0 Å². The third-order valence-electron chi connectivity index (χ3n) is 4.47. The first-order valence-corrected chi connectivity index (χ1v) is 8.64. The molecule has 0 heterocycles. The van der Waals surface area contributed by atoms with Crippen LogP contribution < -0.4 is 15.4 Å². The van der Waals surface area contributed by atoms with Crippen LogP contribution >= 0.6 is 0 Å². The molecule has 2 aromatic rings. The maximum atomic E-state index is 13.6. The highest BCUT2D eigenvalue weighted by Crippen LogP contribution is 2.41. The number of hydrogen-bond donors (Lipinski definition) is 2. The molecule has 2 amide bonds. The molecule has 27 heavy (non-hydrogen) atoms. The Balaban J connectivity index is 1.58. The van der Waals surface area contributed by atoms with Crippen molar-refractivity contribution in [2.75, 3.05) is 13.7 Å². The van der Waals surface area contributed by atoms with Crippen LogP contribution in [0.5, 0.6) is 5.75 Å². The summed E-state index contributed by atoms with van der Waals surface area (Å²) in [5.74, 6) is -1.80. The van der Waals surface area contributed by atoms with E-state index in [0.29, 0.717) is 12.0 Å². The first-order valence-electron chi connectivity index (χ1n) is 8.64. The Morgan fingerprint density at radius 3 is 2.44 bits per heavy atom. The van der Waals surface area contributed by atoms with Gasteiger partial charge in [-0.1, -0.05) is 12.1 Å². The number of benzene rings is 2. The molecule has 2 aromatic carbocycles. The Labute approximate surface area is 155 Å². The largest absolute Gasteiger partial charge is 0.497 e. The molecule has 0 radical (unpaired) electrons. The fourth-order valence-electron chi connectivity index (χ4n) is 2.87. The van der Waals surface area contributed by atoms with Crippen molar-refractivity contribution in [1.29, 1.82) is 0 Å². The van der Waals surface area contributed by atoms with Gasteiger partial charge in [0, 0.05) is 6.07 Å². The fourth-order valence-corrected chi connectivity index (χ4v) is 2.87. The van der Waals surface area contributed by atoms with Crippen LogP contribution in [0.2, 0.25) is 0 Å². The number of methoxy groups -OCH3 is 1. The normalized spacial score (nSPS) is 14.3. The van der Waals surface area contributed by atoms with Crippen LogP contribution in [0.25, 0.3) is 0 Å². The lowest BCUT2D eigenvalue weighted by molar-refractivity contribution is -0.121. The van der Waals surface area contributed by atoms with Crippen LogP contribution in [0.15, 0.2) is 42.5 Å². The van der Waals surface area contributed by atoms with Gasteiger partial charge in [-0.3, -0.25) is 9.59 Å². The number of ether oxygens (including phenoxy) is 1. The lowest BCUT2D eigenvalue weighted by Gasteiger charge is -2.19. The van der Waals surface area contributed by atoms with Crippen molar-refractivity contribution < 1.29 is 23.1 Å². The SMILES string of the molecule is COc1ccc(C(NC(=O)CNC(=O)c2ccc(F)cc2F)C2CC2)cc1. The Hall–Kier alpha value is -2.96. The van der Waals surface area contributed by atoms with Gasteiger partial charge in [-0.2, -0.15) is 0 Å². The zero-order chi connectivity index (χ0) is 19.4. The van der Waals surface area contributed by atoms with Crippen LogP contribution in [-0.4, -0.2) is 25.5 Å². The number of amides is 2. The number of nitrogens with one attached hydrogen (secondary N) is 2. The average molecular weight is 374 g/mol. The molecule has 0 aliphatic heterocycles. The van der Waals surface area contributed by atoms with Crippen molar-refractivity contribution in [2.45, 2.75) is 18.9 Å². The van der Waals surface area contributed by atoms with Gasteiger partial charge in [0.05, 0.1) is 25.3 Å². The standard InChI is InChI=1S/C20H20F2N2O3/c1-27-15-7-4-13(5-8-15)19(12-2-3-12)24-18(25)11-23-20(26)16-9-6-14(21)10-17(16)22/h4-10,12,19H,2-3,11H2,1H3,(H,23,26)(H,24,25). The monoisotopic (exact) mass is 374 g/mol. The molecule has 0 spiro atoms. The van der Waals surface area contributed by atoms with E-state index in [9.17, 15) is 18.4 Å². The average Bonchev–Trinajstić information content (AvgIpc) is 3.49. The predicted octanol–water partition coefficient (Wildman–Crippen LogP) is 2.97. The molecule has 1 fully saturated rings. The molecule has 1 unspecified atom stereocenters. The minimum absolute atomic E-state index is 0.150. The molecule has 2 N–H and O–H groups in total. The highest BCUT2D eigenvalue weighted by Gasteiger charge is 2.33. The summed E-state index contributed by atoms with van der Waals surface area (Å²) >= 11 is 0. The smallest absolute Gasteiger partial charge is 0.254 e. The minimum Gasteiger partial charge on any atom is -0.497 e. The van der Waals surface area contributed by atoms with Gasteiger partial charge in [0.2, 0.25) is 5.91 Å². The zero-order valence-corrected chi connectivity index (χ0v) is 14.8. The van der Waals surface area contributed by atoms with E-state index in [1.807, 2.05) is 24.3 Å². The van der Waals surface area contributed by atoms with Crippen LogP contribution in [0.1, 0.15) is 34.8 Å². The van der Waals surface area contributed by atoms with Crippen molar-refractivity contribution in [3.8, 4) is 5.75 Å². The summed E-state index contributed by atoms with van der Waals surface area (Å²) < 4.78 is 31.7. The topological polar surface area (TPSA) is 67.4 Å². The van der Waals surface area contributed by atoms with Crippen LogP contribution in [0.4, 0.5) is 8.78 Å². The Morgan fingerprint density at radius 1 is 1.15 bits per heavy atom. The highest BCUT2D eigenvalue weighted by molar-refractivity contribution is 5.96. The Morgan fingerprint density at radius 2 is 1.85 bits per heavy atom. The molecule has 0 bridgehead atoms. The van der Waals surface area contributed by atoms with Crippen LogP contribution in [0, 0.1) is 17.6 Å². The van der Waals surface area contributed by atoms with E-state index in [2.05, 4.69) is 10.6 Å². The first-order chi connectivity index (χ1) is 13.0. The minimum atomic E-state index is -0.970. The lowest BCUT2D eigenvalue weighted by atomic mass is 10.0. The summed E-state index contributed by atoms with van der Waals surface area (Å²) in [5.41, 5.74) is 0.653. The zero-order valence-electron chi connectivity index (χ0n) is 14.8. The summed E-state index contributed by atoms with van der Waals surface area (Å²) in [6.07, 6.45) is 2.04. The fraction of sp³-hybridized carbons (Fsp3) is 0.300. The summed E-state index contributed by atoms with van der Waals surface area (Å²) in [5, 5.41) is 5.28. The summed E-state index contributed by atoms with van der Waals surface area (Å²) in [6, 6.07) is 9.96.